The fourth-order valence-electron chi connectivity index (χ4n) is 6.14. The van der Waals surface area contributed by atoms with E-state index in [1.807, 2.05) is 18.2 Å². The third-order valence-electron chi connectivity index (χ3n) is 7.20. The zero-order valence-corrected chi connectivity index (χ0v) is 21.1. The van der Waals surface area contributed by atoms with Crippen LogP contribution in [-0.4, -0.2) is 23.6 Å². The van der Waals surface area contributed by atoms with Crippen molar-refractivity contribution in [1.82, 2.24) is 5.32 Å². The van der Waals surface area contributed by atoms with E-state index in [0.717, 1.165) is 6.16 Å². The van der Waals surface area contributed by atoms with Crippen LogP contribution in [0.4, 0.5) is 0 Å². The number of fused-ring (bicyclic) bond motifs is 5. The van der Waals surface area contributed by atoms with Gasteiger partial charge < -0.3 is 0 Å². The molecule has 5 heteroatoms. The van der Waals surface area contributed by atoms with Crippen molar-refractivity contribution in [2.75, 3.05) is 6.16 Å². The fourth-order valence-corrected chi connectivity index (χ4v) is 18.6. The van der Waals surface area contributed by atoms with Gasteiger partial charge in [0.1, 0.15) is 0 Å². The summed E-state index contributed by atoms with van der Waals surface area (Å²) in [6.45, 7) is 4.55. The maximum atomic E-state index is 13.6. The first-order valence-corrected chi connectivity index (χ1v) is 15.5. The highest BCUT2D eigenvalue weighted by molar-refractivity contribution is 8.36. The summed E-state index contributed by atoms with van der Waals surface area (Å²) < 4.78 is 0. The van der Waals surface area contributed by atoms with Crippen molar-refractivity contribution in [3.8, 4) is 0 Å². The highest BCUT2D eigenvalue weighted by atomic mass is 32.1. The summed E-state index contributed by atoms with van der Waals surface area (Å²) in [5.41, 5.74) is 4.62. The lowest BCUT2D eigenvalue weighted by molar-refractivity contribution is -0.126. The first-order chi connectivity index (χ1) is 16.5. The van der Waals surface area contributed by atoms with E-state index in [1.165, 1.54) is 27.6 Å². The maximum absolute atomic E-state index is 13.6. The van der Waals surface area contributed by atoms with Gasteiger partial charge in [-0.2, -0.15) is 0 Å². The largest absolute Gasteiger partial charge is 0.296 e. The summed E-state index contributed by atoms with van der Waals surface area (Å²) in [7, 11) is -1.49. The van der Waals surface area contributed by atoms with Gasteiger partial charge in [-0.1, -0.05) is 112 Å². The van der Waals surface area contributed by atoms with Gasteiger partial charge in [0.15, 0.2) is 0 Å². The second kappa shape index (κ2) is 8.26. The number of allylic oxidation sites excluding steroid dienone is 1. The Morgan fingerprint density at radius 2 is 1.35 bits per heavy atom. The highest BCUT2D eigenvalue weighted by Gasteiger charge is 2.74. The number of nitrogens with one attached hydrogen (secondary N) is 1. The summed E-state index contributed by atoms with van der Waals surface area (Å²) in [6.07, 6.45) is 1.05. The number of hydrogen-bond donors (Lipinski definition) is 1. The number of hydrogen-bond acceptors (Lipinski definition) is 2. The summed E-state index contributed by atoms with van der Waals surface area (Å²) in [5, 5.41) is 3.63. The minimum atomic E-state index is -0.834. The number of carbonyl (C=O) groups is 2. The zero-order chi connectivity index (χ0) is 23.4. The molecule has 2 unspecified atom stereocenters. The van der Waals surface area contributed by atoms with Gasteiger partial charge in [0, 0.05) is 0 Å². The predicted octanol–water partition coefficient (Wildman–Crippen LogP) is 6.65. The fraction of sp³-hybridized carbons (Fsp3) is 0.241. The molecule has 3 heterocycles. The molecule has 34 heavy (non-hydrogen) atoms. The average Bonchev–Trinajstić information content (AvgIpc) is 3.43. The molecule has 6 rings (SSSR count). The standard InChI is InChI=1S/C29H27NO2P2/c1-19(2)18-33-29(22-16-10-5-11-17-22)23(20-12-6-3-7-13-20)25(21-14-8-4-9-15-21)34(33)26-24(29)27(31)30-28(26)32/h3-17,19,24,26H,18H2,1-2H3,(H,30,31,32)/t24-,26-,29-,33?,34?/m0/s1. The minimum absolute atomic E-state index is 0.0595. The molecule has 0 aromatic heterocycles. The van der Waals surface area contributed by atoms with Crippen LogP contribution in [-0.2, 0) is 14.7 Å². The normalized spacial score (nSPS) is 29.6. The topological polar surface area (TPSA) is 46.2 Å². The van der Waals surface area contributed by atoms with Gasteiger partial charge in [0.2, 0.25) is 11.8 Å². The third kappa shape index (κ3) is 2.97. The Hall–Kier alpha value is -2.60. The lowest BCUT2D eigenvalue weighted by Gasteiger charge is -2.40. The summed E-state index contributed by atoms with van der Waals surface area (Å²) >= 11 is 0. The van der Waals surface area contributed by atoms with E-state index in [4.69, 9.17) is 0 Å². The highest BCUT2D eigenvalue weighted by Crippen LogP contribution is 3.00. The van der Waals surface area contributed by atoms with Gasteiger partial charge in [-0.15, -0.1) is 0 Å². The Morgan fingerprint density at radius 3 is 1.94 bits per heavy atom. The van der Waals surface area contributed by atoms with Crippen LogP contribution in [0.25, 0.3) is 10.9 Å². The summed E-state index contributed by atoms with van der Waals surface area (Å²) in [5.74, 6) is 0.0146. The van der Waals surface area contributed by atoms with Crippen LogP contribution in [0.1, 0.15) is 30.5 Å². The average molecular weight is 483 g/mol. The number of amides is 2. The Morgan fingerprint density at radius 1 is 0.794 bits per heavy atom. The molecule has 3 aromatic rings. The van der Waals surface area contributed by atoms with Crippen LogP contribution in [0, 0.1) is 11.8 Å². The van der Waals surface area contributed by atoms with E-state index in [0.29, 0.717) is 5.92 Å². The van der Waals surface area contributed by atoms with Crippen LogP contribution >= 0.6 is 15.2 Å². The molecular weight excluding hydrogens is 456 g/mol. The van der Waals surface area contributed by atoms with Gasteiger partial charge >= 0.3 is 0 Å². The smallest absolute Gasteiger partial charge is 0.235 e. The van der Waals surface area contributed by atoms with Gasteiger partial charge in [-0.25, -0.2) is 0 Å². The predicted molar refractivity (Wildman–Crippen MR) is 142 cm³/mol. The molecule has 2 amide bonds. The molecule has 170 valence electrons. The first-order valence-electron chi connectivity index (χ1n) is 11.9. The Labute approximate surface area is 203 Å². The van der Waals surface area contributed by atoms with Crippen LogP contribution in [0.2, 0.25) is 0 Å². The van der Waals surface area contributed by atoms with E-state index in [-0.39, 0.29) is 23.4 Å². The number of carbonyl (C=O) groups excluding carboxylic acids is 2. The number of imide groups is 1. The third-order valence-corrected chi connectivity index (χ3v) is 16.7. The van der Waals surface area contributed by atoms with Crippen LogP contribution < -0.4 is 5.32 Å². The molecule has 0 radical (unpaired) electrons. The first kappa shape index (κ1) is 21.9. The second-order valence-electron chi connectivity index (χ2n) is 9.68. The molecule has 0 spiro atoms. The molecule has 1 N–H and O–H groups in total. The summed E-state index contributed by atoms with van der Waals surface area (Å²) in [6, 6.07) is 31.8. The second-order valence-corrected chi connectivity index (χ2v) is 16.0. The Kier molecular flexibility index (Phi) is 5.32. The molecule has 2 bridgehead atoms. The van der Waals surface area contributed by atoms with Crippen LogP contribution in [0.15, 0.2) is 91.0 Å². The van der Waals surface area contributed by atoms with Crippen molar-refractivity contribution in [3.05, 3.63) is 108 Å². The van der Waals surface area contributed by atoms with E-state index < -0.39 is 20.4 Å². The van der Waals surface area contributed by atoms with E-state index >= 15 is 0 Å². The van der Waals surface area contributed by atoms with Crippen molar-refractivity contribution in [1.29, 1.82) is 0 Å². The van der Waals surface area contributed by atoms with Crippen LogP contribution in [0.3, 0.4) is 0 Å². The van der Waals surface area contributed by atoms with Gasteiger partial charge in [0.25, 0.3) is 0 Å². The van der Waals surface area contributed by atoms with E-state index in [2.05, 4.69) is 92.0 Å². The SMILES string of the molecule is CC(C)CP1P2C(c3ccccc3)=C(c3ccccc3)[C@@]1(c1ccccc1)[C@@H]1C(=O)NC(=O)[C@H]12. The van der Waals surface area contributed by atoms with E-state index in [1.54, 1.807) is 0 Å². The van der Waals surface area contributed by atoms with Gasteiger partial charge in [0.05, 0.1) is 16.7 Å². The summed E-state index contributed by atoms with van der Waals surface area (Å²) in [4.78, 5) is 26.9. The molecule has 0 saturated carbocycles. The van der Waals surface area contributed by atoms with E-state index in [9.17, 15) is 9.59 Å². The van der Waals surface area contributed by atoms with Crippen molar-refractivity contribution in [2.24, 2.45) is 11.8 Å². The van der Waals surface area contributed by atoms with Crippen molar-refractivity contribution in [2.45, 2.75) is 24.7 Å². The monoisotopic (exact) mass is 483 g/mol. The maximum Gasteiger partial charge on any atom is 0.235 e. The Balaban J connectivity index is 1.76. The number of rotatable bonds is 5. The molecule has 5 atom stereocenters. The molecule has 3 aliphatic rings. The molecular formula is C29H27NO2P2. The quantitative estimate of drug-likeness (QED) is 0.326. The van der Waals surface area contributed by atoms with Gasteiger partial charge in [-0.05, 0) is 47.3 Å². The zero-order valence-electron chi connectivity index (χ0n) is 19.3. The minimum Gasteiger partial charge on any atom is -0.296 e. The lowest BCUT2D eigenvalue weighted by atomic mass is 9.74. The molecule has 3 aliphatic heterocycles. The molecule has 0 aliphatic carbocycles. The van der Waals surface area contributed by atoms with Crippen molar-refractivity contribution in [3.63, 3.8) is 0 Å². The lowest BCUT2D eigenvalue weighted by Crippen LogP contribution is -2.39. The number of benzene rings is 3. The Bertz CT molecular complexity index is 1290. The molecule has 2 saturated heterocycles. The van der Waals surface area contributed by atoms with Crippen LogP contribution in [0.5, 0.6) is 0 Å². The molecule has 3 nitrogen and oxygen atoms in total. The van der Waals surface area contributed by atoms with Crippen molar-refractivity contribution < 1.29 is 9.59 Å². The molecule has 3 aromatic carbocycles. The van der Waals surface area contributed by atoms with Gasteiger partial charge in [-0.3, -0.25) is 14.9 Å². The molecule has 2 fully saturated rings. The van der Waals surface area contributed by atoms with Crippen molar-refractivity contribution >= 4 is 37.9 Å².